The number of nitrogens with one attached hydrogen (secondary N) is 1. The number of halogens is 1. The van der Waals surface area contributed by atoms with Crippen LogP contribution in [0.1, 0.15) is 21.5 Å². The number of aromatic nitrogens is 1. The Morgan fingerprint density at radius 2 is 1.94 bits per heavy atom. The monoisotopic (exact) mass is 446 g/mol. The second-order valence-corrected chi connectivity index (χ2v) is 7.20. The Morgan fingerprint density at radius 3 is 2.67 bits per heavy atom. The van der Waals surface area contributed by atoms with E-state index in [-0.39, 0.29) is 22.8 Å². The molecule has 3 aromatic carbocycles. The number of ether oxygens (including phenoxy) is 1. The number of methoxy groups -OCH3 is 1. The van der Waals surface area contributed by atoms with Gasteiger partial charge in [-0.2, -0.15) is 5.10 Å². The summed E-state index contributed by atoms with van der Waals surface area (Å²) >= 11 is 0. The van der Waals surface area contributed by atoms with Gasteiger partial charge in [0.1, 0.15) is 11.6 Å². The highest BCUT2D eigenvalue weighted by Crippen LogP contribution is 2.24. The number of amides is 1. The van der Waals surface area contributed by atoms with Gasteiger partial charge in [0.2, 0.25) is 0 Å². The number of rotatable bonds is 7. The van der Waals surface area contributed by atoms with Crippen LogP contribution in [-0.2, 0) is 6.54 Å². The van der Waals surface area contributed by atoms with Gasteiger partial charge < -0.3 is 9.30 Å². The smallest absolute Gasteiger partial charge is 0.275 e. The fourth-order valence-electron chi connectivity index (χ4n) is 3.50. The molecule has 33 heavy (non-hydrogen) atoms. The number of hydrogen-bond donors (Lipinski definition) is 1. The molecule has 1 aromatic heterocycles. The van der Waals surface area contributed by atoms with Crippen molar-refractivity contribution in [3.05, 3.63) is 106 Å². The summed E-state index contributed by atoms with van der Waals surface area (Å²) < 4.78 is 20.4. The number of benzene rings is 3. The molecule has 0 bridgehead atoms. The van der Waals surface area contributed by atoms with Crippen LogP contribution in [0.2, 0.25) is 0 Å². The number of hydrogen-bond acceptors (Lipinski definition) is 5. The van der Waals surface area contributed by atoms with Crippen molar-refractivity contribution in [3.63, 3.8) is 0 Å². The molecule has 0 aliphatic carbocycles. The van der Waals surface area contributed by atoms with E-state index in [0.29, 0.717) is 6.54 Å². The minimum absolute atomic E-state index is 0.00240. The zero-order valence-corrected chi connectivity index (χ0v) is 17.6. The standard InChI is InChI=1S/C24H19FN4O4/c1-33-23-11-10-19(29(31)32)12-21(23)24(30)27-26-13-17-15-28(22-5-3-2-4-20(17)22)14-16-6-8-18(25)9-7-16/h2-13,15H,14H2,1H3,(H,27,30)/b26-13-. The predicted molar refractivity (Wildman–Crippen MR) is 122 cm³/mol. The molecule has 9 heteroatoms. The summed E-state index contributed by atoms with van der Waals surface area (Å²) in [7, 11) is 1.37. The van der Waals surface area contributed by atoms with E-state index in [2.05, 4.69) is 10.5 Å². The van der Waals surface area contributed by atoms with Crippen LogP contribution in [-0.4, -0.2) is 28.7 Å². The van der Waals surface area contributed by atoms with Crippen molar-refractivity contribution >= 4 is 28.7 Å². The van der Waals surface area contributed by atoms with Gasteiger partial charge in [0, 0.05) is 41.3 Å². The molecule has 0 radical (unpaired) electrons. The van der Waals surface area contributed by atoms with E-state index in [9.17, 15) is 19.3 Å². The molecule has 0 saturated carbocycles. The highest BCUT2D eigenvalue weighted by molar-refractivity contribution is 6.01. The first-order valence-electron chi connectivity index (χ1n) is 9.94. The zero-order valence-electron chi connectivity index (χ0n) is 17.6. The van der Waals surface area contributed by atoms with Gasteiger partial charge in [-0.05, 0) is 29.8 Å². The summed E-state index contributed by atoms with van der Waals surface area (Å²) in [5.74, 6) is -0.730. The maximum atomic E-state index is 13.2. The zero-order chi connectivity index (χ0) is 23.4. The Bertz CT molecular complexity index is 1360. The molecule has 0 aliphatic rings. The number of para-hydroxylation sites is 1. The first kappa shape index (κ1) is 21.7. The van der Waals surface area contributed by atoms with Crippen LogP contribution in [0.4, 0.5) is 10.1 Å². The van der Waals surface area contributed by atoms with E-state index >= 15 is 0 Å². The third kappa shape index (κ3) is 4.72. The summed E-state index contributed by atoms with van der Waals surface area (Å²) in [6.07, 6.45) is 3.39. The van der Waals surface area contributed by atoms with Crippen LogP contribution in [0.3, 0.4) is 0 Å². The summed E-state index contributed by atoms with van der Waals surface area (Å²) in [5.41, 5.74) is 4.82. The fourth-order valence-corrected chi connectivity index (χ4v) is 3.50. The van der Waals surface area contributed by atoms with Crippen molar-refractivity contribution in [1.29, 1.82) is 0 Å². The number of nitro groups is 1. The van der Waals surface area contributed by atoms with Gasteiger partial charge in [-0.25, -0.2) is 9.82 Å². The van der Waals surface area contributed by atoms with Crippen molar-refractivity contribution in [2.24, 2.45) is 5.10 Å². The summed E-state index contributed by atoms with van der Waals surface area (Å²) in [6, 6.07) is 17.8. The first-order valence-corrected chi connectivity index (χ1v) is 9.94. The lowest BCUT2D eigenvalue weighted by Gasteiger charge is -2.06. The fraction of sp³-hybridized carbons (Fsp3) is 0.0833. The maximum absolute atomic E-state index is 13.2. The first-order chi connectivity index (χ1) is 16.0. The van der Waals surface area contributed by atoms with Gasteiger partial charge in [0.05, 0.1) is 23.8 Å². The van der Waals surface area contributed by atoms with Crippen molar-refractivity contribution in [2.75, 3.05) is 7.11 Å². The van der Waals surface area contributed by atoms with Gasteiger partial charge in [-0.15, -0.1) is 0 Å². The molecule has 0 fully saturated rings. The number of fused-ring (bicyclic) bond motifs is 1. The van der Waals surface area contributed by atoms with E-state index in [1.807, 2.05) is 35.0 Å². The summed E-state index contributed by atoms with van der Waals surface area (Å²) in [6.45, 7) is 0.534. The van der Waals surface area contributed by atoms with E-state index in [0.717, 1.165) is 28.1 Å². The number of non-ortho nitro benzene ring substituents is 1. The van der Waals surface area contributed by atoms with Gasteiger partial charge in [-0.3, -0.25) is 14.9 Å². The molecule has 4 aromatic rings. The number of carbonyl (C=O) groups is 1. The highest BCUT2D eigenvalue weighted by atomic mass is 19.1. The molecule has 1 amide bonds. The van der Waals surface area contributed by atoms with Crippen molar-refractivity contribution in [2.45, 2.75) is 6.54 Å². The van der Waals surface area contributed by atoms with Gasteiger partial charge in [0.25, 0.3) is 11.6 Å². The molecule has 1 heterocycles. The maximum Gasteiger partial charge on any atom is 0.275 e. The average Bonchev–Trinajstić information content (AvgIpc) is 3.17. The van der Waals surface area contributed by atoms with Crippen molar-refractivity contribution in [1.82, 2.24) is 9.99 Å². The molecule has 0 saturated heterocycles. The lowest BCUT2D eigenvalue weighted by atomic mass is 10.1. The third-order valence-corrected chi connectivity index (χ3v) is 5.09. The SMILES string of the molecule is COc1ccc([N+](=O)[O-])cc1C(=O)N/N=C\c1cn(Cc2ccc(F)cc2)c2ccccc12. The van der Waals surface area contributed by atoms with E-state index in [1.165, 1.54) is 37.6 Å². The molecule has 0 atom stereocenters. The second-order valence-electron chi connectivity index (χ2n) is 7.20. The molecule has 8 nitrogen and oxygen atoms in total. The Balaban J connectivity index is 1.57. The van der Waals surface area contributed by atoms with Crippen molar-refractivity contribution < 1.29 is 18.8 Å². The van der Waals surface area contributed by atoms with E-state index in [1.54, 1.807) is 12.1 Å². The molecule has 0 aliphatic heterocycles. The Morgan fingerprint density at radius 1 is 1.18 bits per heavy atom. The topological polar surface area (TPSA) is 98.8 Å². The largest absolute Gasteiger partial charge is 0.496 e. The highest BCUT2D eigenvalue weighted by Gasteiger charge is 2.17. The summed E-state index contributed by atoms with van der Waals surface area (Å²) in [4.78, 5) is 23.0. The quantitative estimate of drug-likeness (QED) is 0.257. The van der Waals surface area contributed by atoms with Gasteiger partial charge in [-0.1, -0.05) is 30.3 Å². The van der Waals surface area contributed by atoms with Crippen LogP contribution >= 0.6 is 0 Å². The Labute approximate surface area is 188 Å². The van der Waals surface area contributed by atoms with E-state index in [4.69, 9.17) is 4.74 Å². The minimum Gasteiger partial charge on any atom is -0.496 e. The lowest BCUT2D eigenvalue weighted by Crippen LogP contribution is -2.18. The number of hydrazone groups is 1. The lowest BCUT2D eigenvalue weighted by molar-refractivity contribution is -0.384. The normalized spacial score (nSPS) is 11.1. The Hall–Kier alpha value is -4.53. The van der Waals surface area contributed by atoms with Crippen LogP contribution in [0.5, 0.6) is 5.75 Å². The summed E-state index contributed by atoms with van der Waals surface area (Å²) in [5, 5.41) is 16.0. The van der Waals surface area contributed by atoms with Gasteiger partial charge >= 0.3 is 0 Å². The molecule has 4 rings (SSSR count). The minimum atomic E-state index is -0.637. The number of nitrogens with zero attached hydrogens (tertiary/aromatic N) is 3. The van der Waals surface area contributed by atoms with Crippen LogP contribution in [0.15, 0.2) is 78.0 Å². The number of carbonyl (C=O) groups excluding carboxylic acids is 1. The van der Waals surface area contributed by atoms with Crippen LogP contribution in [0.25, 0.3) is 10.9 Å². The number of nitro benzene ring substituents is 1. The second kappa shape index (κ2) is 9.31. The average molecular weight is 446 g/mol. The van der Waals surface area contributed by atoms with Crippen LogP contribution in [0, 0.1) is 15.9 Å². The van der Waals surface area contributed by atoms with Crippen molar-refractivity contribution in [3.8, 4) is 5.75 Å². The van der Waals surface area contributed by atoms with Crippen LogP contribution < -0.4 is 10.2 Å². The molecule has 166 valence electrons. The van der Waals surface area contributed by atoms with Gasteiger partial charge in [0.15, 0.2) is 0 Å². The molecule has 1 N–H and O–H groups in total. The molecular weight excluding hydrogens is 427 g/mol. The third-order valence-electron chi connectivity index (χ3n) is 5.09. The van der Waals surface area contributed by atoms with E-state index < -0.39 is 10.8 Å². The predicted octanol–water partition coefficient (Wildman–Crippen LogP) is 4.51. The Kier molecular flexibility index (Phi) is 6.12. The molecule has 0 unspecified atom stereocenters. The molecular formula is C24H19FN4O4. The molecule has 0 spiro atoms.